The van der Waals surface area contributed by atoms with E-state index in [9.17, 15) is 22.8 Å². The van der Waals surface area contributed by atoms with Gasteiger partial charge in [0, 0.05) is 12.5 Å². The maximum absolute atomic E-state index is 12.3. The second-order valence-electron chi connectivity index (χ2n) is 4.97. The first-order valence-electron chi connectivity index (χ1n) is 6.76. The summed E-state index contributed by atoms with van der Waals surface area (Å²) in [6, 6.07) is 5.44. The maximum Gasteiger partial charge on any atom is 0.389 e. The van der Waals surface area contributed by atoms with Crippen LogP contribution in [0, 0.1) is 0 Å². The van der Waals surface area contributed by atoms with E-state index in [0.29, 0.717) is 17.1 Å². The fraction of sp³-hybridized carbons (Fsp3) is 0.333. The monoisotopic (exact) mass is 347 g/mol. The van der Waals surface area contributed by atoms with E-state index < -0.39 is 31.0 Å². The van der Waals surface area contributed by atoms with Gasteiger partial charge in [-0.3, -0.25) is 4.79 Å². The molecule has 1 aromatic carbocycles. The Morgan fingerprint density at radius 1 is 1.35 bits per heavy atom. The highest BCUT2D eigenvalue weighted by molar-refractivity contribution is 6.32. The van der Waals surface area contributed by atoms with Gasteiger partial charge in [0.05, 0.1) is 17.6 Å². The lowest BCUT2D eigenvalue weighted by molar-refractivity contribution is -0.143. The highest BCUT2D eigenvalue weighted by atomic mass is 35.5. The molecule has 23 heavy (non-hydrogen) atoms. The SMILES string of the molecule is O=CC(CCC(F)(F)F)N1CC(Oc2ccccc2Cl)=CC1=O. The second-order valence-corrected chi connectivity index (χ2v) is 5.37. The number of halogens is 4. The third kappa shape index (κ3) is 4.72. The number of nitrogens with zero attached hydrogens (tertiary/aromatic N) is 1. The Morgan fingerprint density at radius 3 is 2.65 bits per heavy atom. The number of rotatable bonds is 6. The van der Waals surface area contributed by atoms with Gasteiger partial charge in [-0.25, -0.2) is 0 Å². The first-order valence-corrected chi connectivity index (χ1v) is 7.13. The molecule has 0 radical (unpaired) electrons. The molecule has 124 valence electrons. The Morgan fingerprint density at radius 2 is 2.04 bits per heavy atom. The number of carbonyl (C=O) groups excluding carboxylic acids is 2. The third-order valence-corrected chi connectivity index (χ3v) is 3.56. The van der Waals surface area contributed by atoms with E-state index in [0.717, 1.165) is 11.0 Å². The molecule has 1 amide bonds. The average Bonchev–Trinajstić information content (AvgIpc) is 2.82. The third-order valence-electron chi connectivity index (χ3n) is 3.25. The van der Waals surface area contributed by atoms with E-state index >= 15 is 0 Å². The lowest BCUT2D eigenvalue weighted by Gasteiger charge is -2.23. The van der Waals surface area contributed by atoms with Gasteiger partial charge in [-0.2, -0.15) is 13.2 Å². The molecule has 4 nitrogen and oxygen atoms in total. The predicted molar refractivity (Wildman–Crippen MR) is 77.0 cm³/mol. The van der Waals surface area contributed by atoms with Crippen molar-refractivity contribution in [2.45, 2.75) is 25.1 Å². The number of hydrogen-bond donors (Lipinski definition) is 0. The molecule has 8 heteroatoms. The average molecular weight is 348 g/mol. The molecule has 0 N–H and O–H groups in total. The fourth-order valence-electron chi connectivity index (χ4n) is 2.13. The van der Waals surface area contributed by atoms with E-state index in [1.165, 1.54) is 0 Å². The zero-order valence-corrected chi connectivity index (χ0v) is 12.6. The molecule has 0 saturated carbocycles. The van der Waals surface area contributed by atoms with E-state index in [2.05, 4.69) is 0 Å². The summed E-state index contributed by atoms with van der Waals surface area (Å²) in [4.78, 5) is 24.0. The number of para-hydroxylation sites is 1. The molecule has 0 aromatic heterocycles. The Kier molecular flexibility index (Phi) is 5.30. The molecule has 0 spiro atoms. The lowest BCUT2D eigenvalue weighted by atomic mass is 10.1. The van der Waals surface area contributed by atoms with Crippen LogP contribution in [0.4, 0.5) is 13.2 Å². The Labute approximate surface area is 135 Å². The normalized spacial score (nSPS) is 16.3. The van der Waals surface area contributed by atoms with E-state index in [1.54, 1.807) is 24.3 Å². The summed E-state index contributed by atoms with van der Waals surface area (Å²) in [7, 11) is 0. The number of carbonyl (C=O) groups is 2. The van der Waals surface area contributed by atoms with Crippen LogP contribution in [-0.2, 0) is 9.59 Å². The van der Waals surface area contributed by atoms with Crippen LogP contribution in [-0.4, -0.2) is 35.9 Å². The van der Waals surface area contributed by atoms with Crippen molar-refractivity contribution in [3.63, 3.8) is 0 Å². The lowest BCUT2D eigenvalue weighted by Crippen LogP contribution is -2.39. The molecule has 0 bridgehead atoms. The largest absolute Gasteiger partial charge is 0.458 e. The minimum atomic E-state index is -4.38. The number of aldehydes is 1. The Bertz CT molecular complexity index is 631. The van der Waals surface area contributed by atoms with Crippen LogP contribution < -0.4 is 4.74 Å². The summed E-state index contributed by atoms with van der Waals surface area (Å²) in [6.07, 6.45) is -4.51. The summed E-state index contributed by atoms with van der Waals surface area (Å²) in [6.45, 7) is -0.0781. The number of hydrogen-bond acceptors (Lipinski definition) is 3. The molecule has 0 aliphatic carbocycles. The molecule has 0 fully saturated rings. The number of amides is 1. The van der Waals surface area contributed by atoms with E-state index in [1.807, 2.05) is 0 Å². The topological polar surface area (TPSA) is 46.6 Å². The molecule has 1 aliphatic rings. The van der Waals surface area contributed by atoms with Crippen molar-refractivity contribution in [1.29, 1.82) is 0 Å². The van der Waals surface area contributed by atoms with Gasteiger partial charge in [-0.15, -0.1) is 0 Å². The highest BCUT2D eigenvalue weighted by Gasteiger charge is 2.34. The molecular formula is C15H13ClF3NO3. The number of benzene rings is 1. The van der Waals surface area contributed by atoms with Crippen LogP contribution in [0.1, 0.15) is 12.8 Å². The van der Waals surface area contributed by atoms with Crippen LogP contribution >= 0.6 is 11.6 Å². The van der Waals surface area contributed by atoms with Crippen molar-refractivity contribution in [3.05, 3.63) is 41.1 Å². The van der Waals surface area contributed by atoms with Gasteiger partial charge in [-0.05, 0) is 18.6 Å². The van der Waals surface area contributed by atoms with Gasteiger partial charge in [0.1, 0.15) is 17.8 Å². The number of alkyl halides is 3. The minimum absolute atomic E-state index is 0.0781. The minimum Gasteiger partial charge on any atom is -0.458 e. The molecule has 1 aliphatic heterocycles. The second kappa shape index (κ2) is 7.04. The van der Waals surface area contributed by atoms with Crippen molar-refractivity contribution in [3.8, 4) is 5.75 Å². The van der Waals surface area contributed by atoms with Crippen molar-refractivity contribution >= 4 is 23.8 Å². The standard InChI is InChI=1S/C15H13ClF3NO3/c16-12-3-1-2-4-13(12)23-11-7-14(22)20(8-11)10(9-21)5-6-15(17,18)19/h1-4,7,9-10H,5-6,8H2. The van der Waals surface area contributed by atoms with E-state index in [4.69, 9.17) is 16.3 Å². The summed E-state index contributed by atoms with van der Waals surface area (Å²) >= 11 is 5.93. The smallest absolute Gasteiger partial charge is 0.389 e. The Balaban J connectivity index is 2.01. The van der Waals surface area contributed by atoms with Gasteiger partial charge in [0.2, 0.25) is 0 Å². The first kappa shape index (κ1) is 17.3. The van der Waals surface area contributed by atoms with Gasteiger partial charge >= 0.3 is 6.18 Å². The quantitative estimate of drug-likeness (QED) is 0.741. The highest BCUT2D eigenvalue weighted by Crippen LogP contribution is 2.28. The summed E-state index contributed by atoms with van der Waals surface area (Å²) < 4.78 is 42.3. The van der Waals surface area contributed by atoms with Crippen LogP contribution in [0.15, 0.2) is 36.1 Å². The summed E-state index contributed by atoms with van der Waals surface area (Å²) in [5, 5.41) is 0.336. The van der Waals surface area contributed by atoms with Crippen LogP contribution in [0.2, 0.25) is 5.02 Å². The maximum atomic E-state index is 12.3. The molecule has 1 unspecified atom stereocenters. The molecular weight excluding hydrogens is 335 g/mol. The Hall–Kier alpha value is -2.02. The first-order chi connectivity index (χ1) is 10.8. The molecule has 2 rings (SSSR count). The molecule has 1 atom stereocenters. The van der Waals surface area contributed by atoms with E-state index in [-0.39, 0.29) is 12.3 Å². The molecule has 1 heterocycles. The van der Waals surface area contributed by atoms with Gasteiger partial charge in [0.25, 0.3) is 5.91 Å². The van der Waals surface area contributed by atoms with Crippen LogP contribution in [0.5, 0.6) is 5.75 Å². The van der Waals surface area contributed by atoms with Gasteiger partial charge < -0.3 is 14.4 Å². The van der Waals surface area contributed by atoms with Crippen molar-refractivity contribution in [2.24, 2.45) is 0 Å². The zero-order valence-electron chi connectivity index (χ0n) is 11.8. The van der Waals surface area contributed by atoms with Crippen molar-refractivity contribution in [1.82, 2.24) is 4.90 Å². The summed E-state index contributed by atoms with van der Waals surface area (Å²) in [5.74, 6) is -0.0127. The van der Waals surface area contributed by atoms with Crippen LogP contribution in [0.3, 0.4) is 0 Å². The van der Waals surface area contributed by atoms with Crippen molar-refractivity contribution < 1.29 is 27.5 Å². The van der Waals surface area contributed by atoms with Crippen LogP contribution in [0.25, 0.3) is 0 Å². The van der Waals surface area contributed by atoms with Gasteiger partial charge in [-0.1, -0.05) is 23.7 Å². The van der Waals surface area contributed by atoms with Gasteiger partial charge in [0.15, 0.2) is 0 Å². The predicted octanol–water partition coefficient (Wildman–Crippen LogP) is 3.35. The zero-order chi connectivity index (χ0) is 17.0. The number of ether oxygens (including phenoxy) is 1. The summed E-state index contributed by atoms with van der Waals surface area (Å²) in [5.41, 5.74) is 0. The van der Waals surface area contributed by atoms with Crippen molar-refractivity contribution in [2.75, 3.05) is 6.54 Å². The molecule has 1 aromatic rings. The fourth-order valence-corrected chi connectivity index (χ4v) is 2.31. The molecule has 0 saturated heterocycles.